The quantitative estimate of drug-likeness (QED) is 0.850. The largest absolute Gasteiger partial charge is 0.342 e. The number of sulfonamides is 1. The molecule has 0 N–H and O–H groups in total. The zero-order chi connectivity index (χ0) is 15.5. The van der Waals surface area contributed by atoms with Crippen molar-refractivity contribution in [2.24, 2.45) is 0 Å². The van der Waals surface area contributed by atoms with Crippen LogP contribution < -0.4 is 0 Å². The fourth-order valence-electron chi connectivity index (χ4n) is 2.50. The van der Waals surface area contributed by atoms with Gasteiger partial charge in [-0.2, -0.15) is 4.31 Å². The maximum Gasteiger partial charge on any atom is 0.243 e. The molecule has 5 nitrogen and oxygen atoms in total. The normalized spacial score (nSPS) is 17.5. The summed E-state index contributed by atoms with van der Waals surface area (Å²) in [6.07, 6.45) is 1.56. The first-order chi connectivity index (χ1) is 9.95. The third-order valence-electron chi connectivity index (χ3n) is 3.87. The number of nitrogens with zero attached hydrogens (tertiary/aromatic N) is 2. The molecule has 0 radical (unpaired) electrons. The summed E-state index contributed by atoms with van der Waals surface area (Å²) in [4.78, 5) is 13.4. The number of benzene rings is 1. The molecule has 0 saturated carbocycles. The van der Waals surface area contributed by atoms with Crippen LogP contribution in [0.1, 0.15) is 25.8 Å². The van der Waals surface area contributed by atoms with E-state index in [0.29, 0.717) is 37.5 Å². The van der Waals surface area contributed by atoms with E-state index in [9.17, 15) is 13.2 Å². The van der Waals surface area contributed by atoms with E-state index in [1.165, 1.54) is 11.2 Å². The summed E-state index contributed by atoms with van der Waals surface area (Å²) >= 11 is 0. The standard InChI is InChI=1S/C15H22N2O3S/c1-3-14-5-7-15(8-6-14)21(19,20)17-10-4-9-16(11-12-17)13(2)18/h5-8H,3-4,9-12H2,1-2H3. The van der Waals surface area contributed by atoms with Crippen molar-refractivity contribution in [1.82, 2.24) is 9.21 Å². The van der Waals surface area contributed by atoms with Gasteiger partial charge in [-0.3, -0.25) is 4.79 Å². The molecule has 1 aliphatic rings. The summed E-state index contributed by atoms with van der Waals surface area (Å²) < 4.78 is 26.8. The van der Waals surface area contributed by atoms with E-state index in [0.717, 1.165) is 12.0 Å². The Morgan fingerprint density at radius 2 is 1.76 bits per heavy atom. The Labute approximate surface area is 126 Å². The number of carbonyl (C=O) groups excluding carboxylic acids is 1. The van der Waals surface area contributed by atoms with E-state index in [1.54, 1.807) is 17.0 Å². The number of hydrogen-bond acceptors (Lipinski definition) is 3. The van der Waals surface area contributed by atoms with Gasteiger partial charge in [-0.15, -0.1) is 0 Å². The molecule has 1 aliphatic heterocycles. The highest BCUT2D eigenvalue weighted by Gasteiger charge is 2.27. The van der Waals surface area contributed by atoms with Gasteiger partial charge in [-0.05, 0) is 30.5 Å². The van der Waals surface area contributed by atoms with Crippen molar-refractivity contribution >= 4 is 15.9 Å². The highest BCUT2D eigenvalue weighted by molar-refractivity contribution is 7.89. The Hall–Kier alpha value is -1.40. The number of hydrogen-bond donors (Lipinski definition) is 0. The van der Waals surface area contributed by atoms with Gasteiger partial charge in [0.05, 0.1) is 4.90 Å². The second-order valence-electron chi connectivity index (χ2n) is 5.26. The second kappa shape index (κ2) is 6.58. The van der Waals surface area contributed by atoms with Crippen LogP contribution in [0.3, 0.4) is 0 Å². The molecule has 0 bridgehead atoms. The lowest BCUT2D eigenvalue weighted by molar-refractivity contribution is -0.128. The van der Waals surface area contributed by atoms with Crippen LogP contribution in [-0.4, -0.2) is 49.7 Å². The summed E-state index contributed by atoms with van der Waals surface area (Å²) in [6, 6.07) is 7.04. The number of amides is 1. The van der Waals surface area contributed by atoms with E-state index in [2.05, 4.69) is 0 Å². The highest BCUT2D eigenvalue weighted by Crippen LogP contribution is 2.18. The molecule has 21 heavy (non-hydrogen) atoms. The summed E-state index contributed by atoms with van der Waals surface area (Å²) in [5.41, 5.74) is 1.12. The van der Waals surface area contributed by atoms with E-state index >= 15 is 0 Å². The van der Waals surface area contributed by atoms with Crippen molar-refractivity contribution in [2.45, 2.75) is 31.6 Å². The molecule has 6 heteroatoms. The predicted molar refractivity (Wildman–Crippen MR) is 81.4 cm³/mol. The fourth-order valence-corrected chi connectivity index (χ4v) is 3.96. The summed E-state index contributed by atoms with van der Waals surface area (Å²) in [5.74, 6) is 0.00143. The van der Waals surface area contributed by atoms with E-state index in [1.807, 2.05) is 19.1 Å². The minimum absolute atomic E-state index is 0.00143. The molecule has 1 heterocycles. The Morgan fingerprint density at radius 1 is 1.10 bits per heavy atom. The molecule has 1 amide bonds. The van der Waals surface area contributed by atoms with Crippen molar-refractivity contribution in [2.75, 3.05) is 26.2 Å². The molecule has 0 unspecified atom stereocenters. The first kappa shape index (κ1) is 16.0. The Kier molecular flexibility index (Phi) is 5.00. The predicted octanol–water partition coefficient (Wildman–Crippen LogP) is 1.49. The third-order valence-corrected chi connectivity index (χ3v) is 5.78. The zero-order valence-electron chi connectivity index (χ0n) is 12.6. The molecule has 0 aliphatic carbocycles. The smallest absolute Gasteiger partial charge is 0.243 e. The Balaban J connectivity index is 2.16. The van der Waals surface area contributed by atoms with Crippen molar-refractivity contribution in [3.8, 4) is 0 Å². The molecular formula is C15H22N2O3S. The van der Waals surface area contributed by atoms with E-state index in [-0.39, 0.29) is 5.91 Å². The Bertz CT molecular complexity index is 596. The van der Waals surface area contributed by atoms with Crippen LogP contribution >= 0.6 is 0 Å². The van der Waals surface area contributed by atoms with Gasteiger partial charge in [-0.1, -0.05) is 19.1 Å². The molecule has 1 fully saturated rings. The fraction of sp³-hybridized carbons (Fsp3) is 0.533. The SMILES string of the molecule is CCc1ccc(S(=O)(=O)N2CCCN(C(C)=O)CC2)cc1. The maximum atomic E-state index is 12.6. The van der Waals surface area contributed by atoms with Crippen LogP contribution in [0.2, 0.25) is 0 Å². The minimum Gasteiger partial charge on any atom is -0.342 e. The maximum absolute atomic E-state index is 12.6. The van der Waals surface area contributed by atoms with Crippen LogP contribution in [0.4, 0.5) is 0 Å². The average molecular weight is 310 g/mol. The molecule has 0 spiro atoms. The van der Waals surface area contributed by atoms with E-state index < -0.39 is 10.0 Å². The van der Waals surface area contributed by atoms with Crippen LogP contribution in [0.15, 0.2) is 29.2 Å². The van der Waals surface area contributed by atoms with Crippen LogP contribution in [0, 0.1) is 0 Å². The van der Waals surface area contributed by atoms with Crippen LogP contribution in [0.5, 0.6) is 0 Å². The molecule has 0 aromatic heterocycles. The van der Waals surface area contributed by atoms with Gasteiger partial charge >= 0.3 is 0 Å². The topological polar surface area (TPSA) is 57.7 Å². The summed E-state index contributed by atoms with van der Waals surface area (Å²) in [6.45, 7) is 5.46. The summed E-state index contributed by atoms with van der Waals surface area (Å²) in [7, 11) is -3.46. The lowest BCUT2D eigenvalue weighted by Crippen LogP contribution is -2.36. The molecule has 116 valence electrons. The van der Waals surface area contributed by atoms with Gasteiger partial charge in [0.25, 0.3) is 0 Å². The zero-order valence-corrected chi connectivity index (χ0v) is 13.4. The number of carbonyl (C=O) groups is 1. The minimum atomic E-state index is -3.46. The molecule has 1 aromatic rings. The van der Waals surface area contributed by atoms with Crippen LogP contribution in [0.25, 0.3) is 0 Å². The first-order valence-electron chi connectivity index (χ1n) is 7.29. The van der Waals surface area contributed by atoms with Gasteiger partial charge in [0.2, 0.25) is 15.9 Å². The van der Waals surface area contributed by atoms with Gasteiger partial charge in [0.1, 0.15) is 0 Å². The van der Waals surface area contributed by atoms with Crippen molar-refractivity contribution in [3.05, 3.63) is 29.8 Å². The third kappa shape index (κ3) is 3.63. The van der Waals surface area contributed by atoms with Crippen molar-refractivity contribution in [3.63, 3.8) is 0 Å². The summed E-state index contributed by atoms with van der Waals surface area (Å²) in [5, 5.41) is 0. The van der Waals surface area contributed by atoms with Crippen molar-refractivity contribution < 1.29 is 13.2 Å². The second-order valence-corrected chi connectivity index (χ2v) is 7.20. The molecular weight excluding hydrogens is 288 g/mol. The lowest BCUT2D eigenvalue weighted by atomic mass is 10.2. The molecule has 1 aromatic carbocycles. The van der Waals surface area contributed by atoms with Gasteiger partial charge < -0.3 is 4.90 Å². The average Bonchev–Trinajstić information content (AvgIpc) is 2.73. The molecule has 2 rings (SSSR count). The van der Waals surface area contributed by atoms with Gasteiger partial charge in [0.15, 0.2) is 0 Å². The molecule has 0 atom stereocenters. The number of aryl methyl sites for hydroxylation is 1. The van der Waals surface area contributed by atoms with Crippen molar-refractivity contribution in [1.29, 1.82) is 0 Å². The van der Waals surface area contributed by atoms with E-state index in [4.69, 9.17) is 0 Å². The highest BCUT2D eigenvalue weighted by atomic mass is 32.2. The Morgan fingerprint density at radius 3 is 2.33 bits per heavy atom. The van der Waals surface area contributed by atoms with Gasteiger partial charge in [0, 0.05) is 33.1 Å². The molecule has 1 saturated heterocycles. The monoisotopic (exact) mass is 310 g/mol. The van der Waals surface area contributed by atoms with Crippen LogP contribution in [-0.2, 0) is 21.2 Å². The lowest BCUT2D eigenvalue weighted by Gasteiger charge is -2.21. The number of rotatable bonds is 3. The van der Waals surface area contributed by atoms with Gasteiger partial charge in [-0.25, -0.2) is 8.42 Å². The first-order valence-corrected chi connectivity index (χ1v) is 8.73.